The van der Waals surface area contributed by atoms with Crippen LogP contribution in [0.3, 0.4) is 0 Å². The minimum absolute atomic E-state index is 0.106. The predicted octanol–water partition coefficient (Wildman–Crippen LogP) is 1.69. The highest BCUT2D eigenvalue weighted by Crippen LogP contribution is 2.12. The van der Waals surface area contributed by atoms with Crippen molar-refractivity contribution >= 4 is 5.91 Å². The number of carbonyl (C=O) groups is 1. The molecule has 2 N–H and O–H groups in total. The summed E-state index contributed by atoms with van der Waals surface area (Å²) in [5.41, 5.74) is -0.215. The van der Waals surface area contributed by atoms with Gasteiger partial charge in [-0.05, 0) is 34.1 Å². The lowest BCUT2D eigenvalue weighted by Crippen LogP contribution is -2.47. The maximum absolute atomic E-state index is 11.5. The Kier molecular flexibility index (Phi) is 7.39. The molecular weight excluding hydrogens is 216 g/mol. The summed E-state index contributed by atoms with van der Waals surface area (Å²) in [7, 11) is 1.70. The molecule has 17 heavy (non-hydrogen) atoms. The number of ether oxygens (including phenoxy) is 1. The lowest BCUT2D eigenvalue weighted by atomic mass is 10.0. The number of amides is 1. The molecule has 102 valence electrons. The molecule has 2 unspecified atom stereocenters. The highest BCUT2D eigenvalue weighted by molar-refractivity contribution is 5.76. The van der Waals surface area contributed by atoms with Crippen molar-refractivity contribution in [2.75, 3.05) is 13.7 Å². The van der Waals surface area contributed by atoms with Crippen LogP contribution in [0.5, 0.6) is 0 Å². The Morgan fingerprint density at radius 3 is 2.41 bits per heavy atom. The molecule has 0 saturated carbocycles. The molecule has 0 saturated heterocycles. The maximum atomic E-state index is 11.5. The minimum Gasteiger partial charge on any atom is -0.377 e. The molecule has 0 fully saturated rings. The molecule has 2 atom stereocenters. The van der Waals surface area contributed by atoms with Gasteiger partial charge in [0.15, 0.2) is 0 Å². The lowest BCUT2D eigenvalue weighted by molar-refractivity contribution is -0.121. The van der Waals surface area contributed by atoms with Gasteiger partial charge in [0, 0.05) is 32.2 Å². The topological polar surface area (TPSA) is 50.4 Å². The Hall–Kier alpha value is -0.610. The van der Waals surface area contributed by atoms with E-state index in [2.05, 4.69) is 24.5 Å². The Bertz CT molecular complexity index is 229. The van der Waals surface area contributed by atoms with Crippen LogP contribution in [0.2, 0.25) is 0 Å². The molecule has 0 aliphatic rings. The van der Waals surface area contributed by atoms with Gasteiger partial charge in [-0.3, -0.25) is 4.79 Å². The van der Waals surface area contributed by atoms with E-state index >= 15 is 0 Å². The van der Waals surface area contributed by atoms with Crippen molar-refractivity contribution in [3.05, 3.63) is 0 Å². The highest BCUT2D eigenvalue weighted by atomic mass is 16.5. The van der Waals surface area contributed by atoms with E-state index in [4.69, 9.17) is 4.74 Å². The molecule has 0 rings (SSSR count). The van der Waals surface area contributed by atoms with E-state index in [1.54, 1.807) is 7.11 Å². The molecule has 0 heterocycles. The third kappa shape index (κ3) is 6.64. The summed E-state index contributed by atoms with van der Waals surface area (Å²) in [6, 6.07) is 0.472. The Morgan fingerprint density at radius 1 is 1.35 bits per heavy atom. The van der Waals surface area contributed by atoms with Crippen molar-refractivity contribution < 1.29 is 9.53 Å². The SMILES string of the molecule is CCC(C)NC(=O)CCNC(C)C(C)(C)OC. The quantitative estimate of drug-likeness (QED) is 0.683. The van der Waals surface area contributed by atoms with Crippen molar-refractivity contribution in [2.45, 2.75) is 65.1 Å². The predicted molar refractivity (Wildman–Crippen MR) is 71.1 cm³/mol. The van der Waals surface area contributed by atoms with E-state index in [1.807, 2.05) is 20.8 Å². The first-order chi connectivity index (χ1) is 7.83. The average molecular weight is 244 g/mol. The fourth-order valence-electron chi connectivity index (χ4n) is 1.27. The molecule has 0 bridgehead atoms. The molecule has 0 aliphatic carbocycles. The van der Waals surface area contributed by atoms with Crippen LogP contribution < -0.4 is 10.6 Å². The Balaban J connectivity index is 3.80. The average Bonchev–Trinajstić information content (AvgIpc) is 2.28. The summed E-state index contributed by atoms with van der Waals surface area (Å²) in [6.07, 6.45) is 1.47. The lowest BCUT2D eigenvalue weighted by Gasteiger charge is -2.31. The first-order valence-corrected chi connectivity index (χ1v) is 6.41. The fourth-order valence-corrected chi connectivity index (χ4v) is 1.27. The highest BCUT2D eigenvalue weighted by Gasteiger charge is 2.24. The van der Waals surface area contributed by atoms with Crippen molar-refractivity contribution in [1.29, 1.82) is 0 Å². The second kappa shape index (κ2) is 7.67. The molecule has 4 nitrogen and oxygen atoms in total. The van der Waals surface area contributed by atoms with Crippen LogP contribution in [0.15, 0.2) is 0 Å². The van der Waals surface area contributed by atoms with Gasteiger partial charge >= 0.3 is 0 Å². The van der Waals surface area contributed by atoms with Gasteiger partial charge in [0.25, 0.3) is 0 Å². The zero-order valence-corrected chi connectivity index (χ0v) is 12.1. The molecule has 1 amide bonds. The van der Waals surface area contributed by atoms with Crippen LogP contribution in [-0.4, -0.2) is 37.2 Å². The van der Waals surface area contributed by atoms with Gasteiger partial charge < -0.3 is 15.4 Å². The second-order valence-electron chi connectivity index (χ2n) is 5.11. The maximum Gasteiger partial charge on any atom is 0.221 e. The second-order valence-corrected chi connectivity index (χ2v) is 5.11. The van der Waals surface area contributed by atoms with Crippen LogP contribution in [0, 0.1) is 0 Å². The summed E-state index contributed by atoms with van der Waals surface area (Å²) in [6.45, 7) is 10.9. The van der Waals surface area contributed by atoms with Gasteiger partial charge in [-0.2, -0.15) is 0 Å². The van der Waals surface area contributed by atoms with Gasteiger partial charge in [0.05, 0.1) is 5.60 Å². The van der Waals surface area contributed by atoms with Crippen LogP contribution in [0.1, 0.15) is 47.5 Å². The van der Waals surface area contributed by atoms with E-state index < -0.39 is 0 Å². The van der Waals surface area contributed by atoms with Gasteiger partial charge in [-0.15, -0.1) is 0 Å². The van der Waals surface area contributed by atoms with Crippen LogP contribution in [-0.2, 0) is 9.53 Å². The zero-order valence-electron chi connectivity index (χ0n) is 12.1. The molecule has 0 aromatic rings. The standard InChI is InChI=1S/C13H28N2O2/c1-7-10(2)15-12(16)8-9-14-11(3)13(4,5)17-6/h10-11,14H,7-9H2,1-6H3,(H,15,16). The van der Waals surface area contributed by atoms with E-state index in [1.165, 1.54) is 0 Å². The molecule has 0 aliphatic heterocycles. The summed E-state index contributed by atoms with van der Waals surface area (Å²) >= 11 is 0. The summed E-state index contributed by atoms with van der Waals surface area (Å²) in [5.74, 6) is 0.106. The Labute approximate surface area is 105 Å². The fraction of sp³-hybridized carbons (Fsp3) is 0.923. The number of carbonyl (C=O) groups excluding carboxylic acids is 1. The minimum atomic E-state index is -0.215. The number of methoxy groups -OCH3 is 1. The number of hydrogen-bond acceptors (Lipinski definition) is 3. The van der Waals surface area contributed by atoms with Gasteiger partial charge in [0.1, 0.15) is 0 Å². The van der Waals surface area contributed by atoms with Crippen molar-refractivity contribution in [1.82, 2.24) is 10.6 Å². The van der Waals surface area contributed by atoms with E-state index in [0.717, 1.165) is 6.42 Å². The first-order valence-electron chi connectivity index (χ1n) is 6.41. The number of nitrogens with one attached hydrogen (secondary N) is 2. The monoisotopic (exact) mass is 244 g/mol. The van der Waals surface area contributed by atoms with Crippen LogP contribution in [0.4, 0.5) is 0 Å². The first kappa shape index (κ1) is 16.4. The van der Waals surface area contributed by atoms with E-state index in [0.29, 0.717) is 13.0 Å². The number of rotatable bonds is 8. The zero-order chi connectivity index (χ0) is 13.5. The smallest absolute Gasteiger partial charge is 0.221 e. The van der Waals surface area contributed by atoms with E-state index in [9.17, 15) is 4.79 Å². The number of hydrogen-bond donors (Lipinski definition) is 2. The normalized spacial score (nSPS) is 15.4. The Morgan fingerprint density at radius 2 is 1.94 bits per heavy atom. The molecule has 0 aromatic heterocycles. The molecular formula is C13H28N2O2. The van der Waals surface area contributed by atoms with Crippen LogP contribution >= 0.6 is 0 Å². The van der Waals surface area contributed by atoms with E-state index in [-0.39, 0.29) is 23.6 Å². The summed E-state index contributed by atoms with van der Waals surface area (Å²) in [4.78, 5) is 11.5. The third-order valence-corrected chi connectivity index (χ3v) is 3.39. The van der Waals surface area contributed by atoms with Crippen molar-refractivity contribution in [2.24, 2.45) is 0 Å². The van der Waals surface area contributed by atoms with Gasteiger partial charge in [-0.1, -0.05) is 6.92 Å². The molecule has 4 heteroatoms. The van der Waals surface area contributed by atoms with Crippen molar-refractivity contribution in [3.8, 4) is 0 Å². The summed E-state index contributed by atoms with van der Waals surface area (Å²) < 4.78 is 5.38. The van der Waals surface area contributed by atoms with Gasteiger partial charge in [0.2, 0.25) is 5.91 Å². The third-order valence-electron chi connectivity index (χ3n) is 3.39. The molecule has 0 radical (unpaired) electrons. The molecule has 0 spiro atoms. The largest absolute Gasteiger partial charge is 0.377 e. The van der Waals surface area contributed by atoms with Crippen LogP contribution in [0.25, 0.3) is 0 Å². The van der Waals surface area contributed by atoms with Crippen molar-refractivity contribution in [3.63, 3.8) is 0 Å². The summed E-state index contributed by atoms with van der Waals surface area (Å²) in [5, 5.41) is 6.26. The van der Waals surface area contributed by atoms with Gasteiger partial charge in [-0.25, -0.2) is 0 Å². The molecule has 0 aromatic carbocycles.